The summed E-state index contributed by atoms with van der Waals surface area (Å²) < 4.78 is 13.6. The van der Waals surface area contributed by atoms with E-state index >= 15 is 0 Å². The summed E-state index contributed by atoms with van der Waals surface area (Å²) in [7, 11) is 0. The number of anilines is 1. The van der Waals surface area contributed by atoms with Crippen LogP contribution in [0.3, 0.4) is 0 Å². The van der Waals surface area contributed by atoms with Crippen LogP contribution in [0.5, 0.6) is 0 Å². The Morgan fingerprint density at radius 3 is 2.60 bits per heavy atom. The fourth-order valence-corrected chi connectivity index (χ4v) is 4.25. The quantitative estimate of drug-likeness (QED) is 0.428. The van der Waals surface area contributed by atoms with Gasteiger partial charge in [0.25, 0.3) is 0 Å². The topological polar surface area (TPSA) is 78.4 Å². The summed E-state index contributed by atoms with van der Waals surface area (Å²) in [6.07, 6.45) is 3.84. The molecule has 5 nitrogen and oxygen atoms in total. The molecule has 2 aromatic carbocycles. The Bertz CT molecular complexity index is 939. The largest absolute Gasteiger partial charge is 0.396 e. The van der Waals surface area contributed by atoms with Crippen molar-refractivity contribution in [1.82, 2.24) is 5.32 Å². The van der Waals surface area contributed by atoms with Crippen LogP contribution in [0, 0.1) is 5.82 Å². The number of nitrogens with one attached hydrogen (secondary N) is 2. The first-order valence-corrected chi connectivity index (χ1v) is 10.6. The maximum atomic E-state index is 13.6. The fourth-order valence-electron chi connectivity index (χ4n) is 3.87. The van der Waals surface area contributed by atoms with Crippen molar-refractivity contribution in [2.45, 2.75) is 44.1 Å². The fraction of sp³-hybridized carbons (Fsp3) is 0.364. The zero-order chi connectivity index (χ0) is 21.7. The Labute approximate surface area is 184 Å². The van der Waals surface area contributed by atoms with E-state index in [1.807, 2.05) is 18.2 Å². The first-order chi connectivity index (χ1) is 14.4. The number of carbonyl (C=O) groups is 2. The van der Waals surface area contributed by atoms with Gasteiger partial charge in [-0.2, -0.15) is 0 Å². The maximum Gasteiger partial charge on any atom is 0.313 e. The van der Waals surface area contributed by atoms with E-state index in [0.717, 1.165) is 42.9 Å². The van der Waals surface area contributed by atoms with E-state index in [0.29, 0.717) is 11.4 Å². The third kappa shape index (κ3) is 5.31. The first-order valence-electron chi connectivity index (χ1n) is 9.85. The summed E-state index contributed by atoms with van der Waals surface area (Å²) in [5.41, 5.74) is 2.21. The number of hydrogen-bond donors (Lipinski definition) is 3. The van der Waals surface area contributed by atoms with Gasteiger partial charge in [0.1, 0.15) is 5.82 Å². The molecule has 3 rings (SSSR count). The van der Waals surface area contributed by atoms with Crippen LogP contribution in [0.4, 0.5) is 10.1 Å². The molecule has 0 aromatic heterocycles. The van der Waals surface area contributed by atoms with Gasteiger partial charge in [-0.05, 0) is 54.7 Å². The highest BCUT2D eigenvalue weighted by molar-refractivity contribution is 6.39. The SMILES string of the molecule is O=C(Nc1ccc(Cl)c(F)c1)C(=O)NC1Cc2c(Cl)cccc2C1CCCCCO. The molecule has 8 heteroatoms. The van der Waals surface area contributed by atoms with Gasteiger partial charge in [-0.1, -0.05) is 48.2 Å². The second-order valence-electron chi connectivity index (χ2n) is 7.35. The van der Waals surface area contributed by atoms with Crippen LogP contribution in [0.1, 0.15) is 42.7 Å². The molecule has 1 aliphatic carbocycles. The number of halogens is 3. The molecule has 2 amide bonds. The van der Waals surface area contributed by atoms with Gasteiger partial charge in [-0.3, -0.25) is 9.59 Å². The van der Waals surface area contributed by atoms with Crippen molar-refractivity contribution in [3.63, 3.8) is 0 Å². The molecule has 0 saturated carbocycles. The summed E-state index contributed by atoms with van der Waals surface area (Å²) in [6.45, 7) is 0.151. The molecule has 0 radical (unpaired) electrons. The zero-order valence-corrected chi connectivity index (χ0v) is 17.8. The average molecular weight is 453 g/mol. The molecule has 0 saturated heterocycles. The van der Waals surface area contributed by atoms with Gasteiger partial charge in [0, 0.05) is 29.3 Å². The highest BCUT2D eigenvalue weighted by Crippen LogP contribution is 2.40. The van der Waals surface area contributed by atoms with Crippen molar-refractivity contribution in [1.29, 1.82) is 0 Å². The highest BCUT2D eigenvalue weighted by Gasteiger charge is 2.35. The monoisotopic (exact) mass is 452 g/mol. The van der Waals surface area contributed by atoms with E-state index in [1.165, 1.54) is 12.1 Å². The molecule has 0 heterocycles. The van der Waals surface area contributed by atoms with Gasteiger partial charge >= 0.3 is 11.8 Å². The minimum Gasteiger partial charge on any atom is -0.396 e. The lowest BCUT2D eigenvalue weighted by Crippen LogP contribution is -2.43. The Hall–Kier alpha value is -2.15. The second-order valence-corrected chi connectivity index (χ2v) is 8.17. The number of fused-ring (bicyclic) bond motifs is 1. The van der Waals surface area contributed by atoms with Gasteiger partial charge < -0.3 is 15.7 Å². The van der Waals surface area contributed by atoms with E-state index in [9.17, 15) is 14.0 Å². The summed E-state index contributed by atoms with van der Waals surface area (Å²) >= 11 is 12.0. The van der Waals surface area contributed by atoms with Crippen LogP contribution in [0.15, 0.2) is 36.4 Å². The summed E-state index contributed by atoms with van der Waals surface area (Å²) in [4.78, 5) is 24.8. The van der Waals surface area contributed by atoms with Crippen LogP contribution < -0.4 is 10.6 Å². The van der Waals surface area contributed by atoms with Gasteiger partial charge in [-0.15, -0.1) is 0 Å². The molecule has 2 atom stereocenters. The molecule has 1 aliphatic rings. The molecule has 0 spiro atoms. The third-order valence-electron chi connectivity index (χ3n) is 5.34. The number of amides is 2. The van der Waals surface area contributed by atoms with Crippen molar-refractivity contribution >= 4 is 40.7 Å². The van der Waals surface area contributed by atoms with E-state index in [2.05, 4.69) is 10.6 Å². The summed E-state index contributed by atoms with van der Waals surface area (Å²) in [6, 6.07) is 9.22. The first kappa shape index (κ1) is 22.5. The van der Waals surface area contributed by atoms with Crippen molar-refractivity contribution in [2.24, 2.45) is 0 Å². The maximum absolute atomic E-state index is 13.6. The van der Waals surface area contributed by atoms with Crippen molar-refractivity contribution < 1.29 is 19.1 Å². The molecule has 3 N–H and O–H groups in total. The number of unbranched alkanes of at least 4 members (excludes halogenated alkanes) is 2. The van der Waals surface area contributed by atoms with Crippen molar-refractivity contribution in [3.05, 3.63) is 63.4 Å². The minimum absolute atomic E-state index is 0.0297. The lowest BCUT2D eigenvalue weighted by molar-refractivity contribution is -0.136. The predicted molar refractivity (Wildman–Crippen MR) is 115 cm³/mol. The normalized spacial score (nSPS) is 17.5. The Morgan fingerprint density at radius 1 is 1.07 bits per heavy atom. The molecular weight excluding hydrogens is 430 g/mol. The highest BCUT2D eigenvalue weighted by atomic mass is 35.5. The summed E-state index contributed by atoms with van der Waals surface area (Å²) in [5, 5.41) is 14.8. The number of hydrogen-bond acceptors (Lipinski definition) is 3. The Morgan fingerprint density at radius 2 is 1.87 bits per heavy atom. The Kier molecular flexibility index (Phi) is 7.69. The molecule has 30 heavy (non-hydrogen) atoms. The van der Waals surface area contributed by atoms with E-state index in [4.69, 9.17) is 28.3 Å². The van der Waals surface area contributed by atoms with Crippen LogP contribution in [-0.2, 0) is 16.0 Å². The number of carbonyl (C=O) groups excluding carboxylic acids is 2. The van der Waals surface area contributed by atoms with Crippen LogP contribution in [0.2, 0.25) is 10.0 Å². The average Bonchev–Trinajstić information content (AvgIpc) is 3.06. The van der Waals surface area contributed by atoms with E-state index < -0.39 is 17.6 Å². The van der Waals surface area contributed by atoms with Crippen LogP contribution in [0.25, 0.3) is 0 Å². The Balaban J connectivity index is 1.68. The lowest BCUT2D eigenvalue weighted by Gasteiger charge is -2.21. The molecule has 2 unspecified atom stereocenters. The number of rotatable bonds is 7. The molecule has 160 valence electrons. The molecule has 0 fully saturated rings. The molecular formula is C22H23Cl2FN2O3. The van der Waals surface area contributed by atoms with E-state index in [1.54, 1.807) is 0 Å². The van der Waals surface area contributed by atoms with Gasteiger partial charge in [-0.25, -0.2) is 4.39 Å². The van der Waals surface area contributed by atoms with Crippen LogP contribution >= 0.6 is 23.2 Å². The molecule has 2 aromatic rings. The number of benzene rings is 2. The van der Waals surface area contributed by atoms with Gasteiger partial charge in [0.2, 0.25) is 0 Å². The molecule has 0 bridgehead atoms. The van der Waals surface area contributed by atoms with Crippen molar-refractivity contribution in [2.75, 3.05) is 11.9 Å². The van der Waals surface area contributed by atoms with Gasteiger partial charge in [0.05, 0.1) is 5.02 Å². The zero-order valence-electron chi connectivity index (χ0n) is 16.3. The second kappa shape index (κ2) is 10.2. The standard InChI is InChI=1S/C22H23Cl2FN2O3/c23-17-7-4-6-14-15(5-2-1-3-10-28)20(12-16(14)17)27-22(30)21(29)26-13-8-9-18(24)19(25)11-13/h4,6-9,11,15,20,28H,1-3,5,10,12H2,(H,26,29)(H,27,30). The third-order valence-corrected chi connectivity index (χ3v) is 6.00. The molecule has 0 aliphatic heterocycles. The lowest BCUT2D eigenvalue weighted by atomic mass is 9.92. The summed E-state index contributed by atoms with van der Waals surface area (Å²) in [5.74, 6) is -2.32. The van der Waals surface area contributed by atoms with Crippen molar-refractivity contribution in [3.8, 4) is 0 Å². The van der Waals surface area contributed by atoms with E-state index in [-0.39, 0.29) is 29.3 Å². The number of aliphatic hydroxyl groups is 1. The van der Waals surface area contributed by atoms with Gasteiger partial charge in [0.15, 0.2) is 0 Å². The van der Waals surface area contributed by atoms with Crippen LogP contribution in [-0.4, -0.2) is 29.6 Å². The minimum atomic E-state index is -0.877. The smallest absolute Gasteiger partial charge is 0.313 e. The predicted octanol–water partition coefficient (Wildman–Crippen LogP) is 4.45. The number of aliphatic hydroxyl groups excluding tert-OH is 1.